The van der Waals surface area contributed by atoms with E-state index in [4.69, 9.17) is 9.47 Å². The normalized spacial score (nSPS) is 12.9. The molecule has 0 radical (unpaired) electrons. The number of benzene rings is 1. The topological polar surface area (TPSA) is 80.8 Å². The van der Waals surface area contributed by atoms with Crippen LogP contribution in [0.5, 0.6) is 11.5 Å². The van der Waals surface area contributed by atoms with E-state index >= 15 is 0 Å². The molecule has 2 amide bonds. The quantitative estimate of drug-likeness (QED) is 0.600. The van der Waals surface area contributed by atoms with Crippen LogP contribution < -0.4 is 14.8 Å². The first kappa shape index (κ1) is 20.4. The van der Waals surface area contributed by atoms with Crippen molar-refractivity contribution < 1.29 is 19.1 Å². The molecule has 0 unspecified atom stereocenters. The maximum absolute atomic E-state index is 12.6. The number of aromatic nitrogens is 1. The highest BCUT2D eigenvalue weighted by Gasteiger charge is 2.25. The Morgan fingerprint density at radius 2 is 1.93 bits per heavy atom. The zero-order chi connectivity index (χ0) is 20.9. The first-order valence-electron chi connectivity index (χ1n) is 9.59. The molecule has 1 aliphatic heterocycles. The standard InChI is InChI=1S/C21H21N3O4S2/c1-2-27-14-5-7-15(8-6-14)28-13-19(25)24-10-9-16-18(12-24)30-21(22-16)23-20(26)17-4-3-11-29-17/h3-8,11H,2,9-10,12-13H2,1H3,(H,22,23,26). The van der Waals surface area contributed by atoms with Crippen molar-refractivity contribution in [2.45, 2.75) is 19.9 Å². The van der Waals surface area contributed by atoms with Gasteiger partial charge in [0.15, 0.2) is 11.7 Å². The van der Waals surface area contributed by atoms with Gasteiger partial charge in [0.25, 0.3) is 11.8 Å². The Morgan fingerprint density at radius 1 is 1.17 bits per heavy atom. The first-order chi connectivity index (χ1) is 14.6. The largest absolute Gasteiger partial charge is 0.494 e. The zero-order valence-corrected chi connectivity index (χ0v) is 18.1. The van der Waals surface area contributed by atoms with E-state index in [2.05, 4.69) is 10.3 Å². The summed E-state index contributed by atoms with van der Waals surface area (Å²) in [6.07, 6.45) is 0.662. The average Bonchev–Trinajstić information content (AvgIpc) is 3.42. The fourth-order valence-corrected chi connectivity index (χ4v) is 4.70. The summed E-state index contributed by atoms with van der Waals surface area (Å²) in [5, 5.41) is 5.28. The molecule has 1 aromatic carbocycles. The molecule has 2 aromatic heterocycles. The van der Waals surface area contributed by atoms with Gasteiger partial charge in [-0.1, -0.05) is 17.4 Å². The molecule has 7 nitrogen and oxygen atoms in total. The van der Waals surface area contributed by atoms with Crippen LogP contribution >= 0.6 is 22.7 Å². The van der Waals surface area contributed by atoms with Gasteiger partial charge in [-0.3, -0.25) is 14.9 Å². The molecule has 0 bridgehead atoms. The molecule has 0 saturated carbocycles. The molecule has 0 atom stereocenters. The van der Waals surface area contributed by atoms with E-state index in [1.165, 1.54) is 22.7 Å². The lowest BCUT2D eigenvalue weighted by molar-refractivity contribution is -0.134. The van der Waals surface area contributed by atoms with Crippen LogP contribution in [-0.2, 0) is 17.8 Å². The number of ether oxygens (including phenoxy) is 2. The van der Waals surface area contributed by atoms with Gasteiger partial charge in [-0.2, -0.15) is 0 Å². The Morgan fingerprint density at radius 3 is 2.63 bits per heavy atom. The second-order valence-corrected chi connectivity index (χ2v) is 8.61. The molecule has 1 N–H and O–H groups in total. The van der Waals surface area contributed by atoms with Gasteiger partial charge in [0.05, 0.1) is 23.7 Å². The fourth-order valence-electron chi connectivity index (χ4n) is 3.06. The number of carbonyl (C=O) groups excluding carboxylic acids is 2. The number of nitrogens with zero attached hydrogens (tertiary/aromatic N) is 2. The third kappa shape index (κ3) is 4.80. The third-order valence-electron chi connectivity index (χ3n) is 4.55. The van der Waals surface area contributed by atoms with Crippen LogP contribution in [0.1, 0.15) is 27.2 Å². The van der Waals surface area contributed by atoms with E-state index in [1.807, 2.05) is 30.5 Å². The maximum atomic E-state index is 12.6. The van der Waals surface area contributed by atoms with Crippen LogP contribution in [0, 0.1) is 0 Å². The fraction of sp³-hybridized carbons (Fsp3) is 0.286. The predicted molar refractivity (Wildman–Crippen MR) is 117 cm³/mol. The van der Waals surface area contributed by atoms with Crippen molar-refractivity contribution in [1.82, 2.24) is 9.88 Å². The number of amides is 2. The lowest BCUT2D eigenvalue weighted by Crippen LogP contribution is -2.38. The molecule has 0 fully saturated rings. The maximum Gasteiger partial charge on any atom is 0.267 e. The highest BCUT2D eigenvalue weighted by molar-refractivity contribution is 7.16. The zero-order valence-electron chi connectivity index (χ0n) is 16.4. The molecular formula is C21H21N3O4S2. The molecule has 0 spiro atoms. The van der Waals surface area contributed by atoms with Gasteiger partial charge in [0, 0.05) is 17.8 Å². The molecule has 30 heavy (non-hydrogen) atoms. The highest BCUT2D eigenvalue weighted by Crippen LogP contribution is 2.29. The minimum atomic E-state index is -0.159. The van der Waals surface area contributed by atoms with Crippen LogP contribution in [0.15, 0.2) is 41.8 Å². The van der Waals surface area contributed by atoms with E-state index < -0.39 is 0 Å². The number of thiazole rings is 1. The Hall–Kier alpha value is -2.91. The monoisotopic (exact) mass is 443 g/mol. The van der Waals surface area contributed by atoms with Gasteiger partial charge < -0.3 is 14.4 Å². The predicted octanol–water partition coefficient (Wildman–Crippen LogP) is 3.82. The average molecular weight is 444 g/mol. The van der Waals surface area contributed by atoms with Crippen LogP contribution in [0.2, 0.25) is 0 Å². The van der Waals surface area contributed by atoms with Gasteiger partial charge in [0.2, 0.25) is 0 Å². The summed E-state index contributed by atoms with van der Waals surface area (Å²) in [5.74, 6) is 1.16. The minimum Gasteiger partial charge on any atom is -0.494 e. The van der Waals surface area contributed by atoms with Gasteiger partial charge in [-0.05, 0) is 42.6 Å². The second-order valence-electron chi connectivity index (χ2n) is 6.58. The second kappa shape index (κ2) is 9.27. The van der Waals surface area contributed by atoms with Crippen molar-refractivity contribution in [1.29, 1.82) is 0 Å². The molecule has 4 rings (SSSR count). The number of anilines is 1. The van der Waals surface area contributed by atoms with Crippen molar-refractivity contribution in [2.24, 2.45) is 0 Å². The third-order valence-corrected chi connectivity index (χ3v) is 6.41. The van der Waals surface area contributed by atoms with Crippen molar-refractivity contribution in [3.63, 3.8) is 0 Å². The summed E-state index contributed by atoms with van der Waals surface area (Å²) in [4.78, 5) is 32.7. The number of hydrogen-bond donors (Lipinski definition) is 1. The van der Waals surface area contributed by atoms with E-state index in [1.54, 1.807) is 23.1 Å². The Balaban J connectivity index is 1.31. The van der Waals surface area contributed by atoms with Crippen molar-refractivity contribution in [3.8, 4) is 11.5 Å². The van der Waals surface area contributed by atoms with Crippen LogP contribution in [0.25, 0.3) is 0 Å². The smallest absolute Gasteiger partial charge is 0.267 e. The number of fused-ring (bicyclic) bond motifs is 1. The summed E-state index contributed by atoms with van der Waals surface area (Å²) in [6.45, 7) is 3.57. The summed E-state index contributed by atoms with van der Waals surface area (Å²) in [6, 6.07) is 10.8. The van der Waals surface area contributed by atoms with E-state index in [-0.39, 0.29) is 18.4 Å². The van der Waals surface area contributed by atoms with Crippen molar-refractivity contribution >= 4 is 39.6 Å². The van der Waals surface area contributed by atoms with E-state index in [9.17, 15) is 9.59 Å². The van der Waals surface area contributed by atoms with Crippen LogP contribution in [0.4, 0.5) is 5.13 Å². The molecule has 3 heterocycles. The molecule has 1 aliphatic rings. The van der Waals surface area contributed by atoms with E-state index in [0.29, 0.717) is 41.9 Å². The number of rotatable bonds is 7. The van der Waals surface area contributed by atoms with Crippen LogP contribution in [0.3, 0.4) is 0 Å². The number of thiophene rings is 1. The summed E-state index contributed by atoms with van der Waals surface area (Å²) >= 11 is 2.80. The molecular weight excluding hydrogens is 422 g/mol. The number of carbonyl (C=O) groups is 2. The Bertz CT molecular complexity index is 1020. The van der Waals surface area contributed by atoms with Gasteiger partial charge in [-0.15, -0.1) is 11.3 Å². The lowest BCUT2D eigenvalue weighted by Gasteiger charge is -2.26. The van der Waals surface area contributed by atoms with Gasteiger partial charge in [0.1, 0.15) is 11.5 Å². The first-order valence-corrected chi connectivity index (χ1v) is 11.3. The lowest BCUT2D eigenvalue weighted by atomic mass is 10.2. The summed E-state index contributed by atoms with van der Waals surface area (Å²) in [7, 11) is 0. The summed E-state index contributed by atoms with van der Waals surface area (Å²) in [5.41, 5.74) is 0.943. The Labute approximate surface area is 182 Å². The Kier molecular flexibility index (Phi) is 6.29. The molecule has 3 aromatic rings. The van der Waals surface area contributed by atoms with Crippen molar-refractivity contribution in [2.75, 3.05) is 25.1 Å². The number of nitrogens with one attached hydrogen (secondary N) is 1. The minimum absolute atomic E-state index is 0.0237. The highest BCUT2D eigenvalue weighted by atomic mass is 32.1. The molecule has 9 heteroatoms. The molecule has 0 aliphatic carbocycles. The van der Waals surface area contributed by atoms with Gasteiger partial charge in [-0.25, -0.2) is 4.98 Å². The number of hydrogen-bond acceptors (Lipinski definition) is 7. The van der Waals surface area contributed by atoms with Gasteiger partial charge >= 0.3 is 0 Å². The van der Waals surface area contributed by atoms with E-state index in [0.717, 1.165) is 16.3 Å². The SMILES string of the molecule is CCOc1ccc(OCC(=O)N2CCc3nc(NC(=O)c4cccs4)sc3C2)cc1. The molecule has 156 valence electrons. The summed E-state index contributed by atoms with van der Waals surface area (Å²) < 4.78 is 11.0. The molecule has 0 saturated heterocycles. The van der Waals surface area contributed by atoms with Crippen LogP contribution in [-0.4, -0.2) is 41.5 Å². The van der Waals surface area contributed by atoms with Crippen molar-refractivity contribution in [3.05, 3.63) is 57.2 Å².